The molecule has 4 aromatic heterocycles. The van der Waals surface area contributed by atoms with Crippen molar-refractivity contribution in [2.45, 2.75) is 78.2 Å². The SMILES string of the molecule is CC(C)(C)OC(=O)c1nc(N2CCc3cccc(C(=O)N(COCC[Si](C)(C)C)c4nc5ccccc5s4)c3C2)ccc1-c1cnn(Cc2ccccc2OCc2ccncc2)c1. The first-order valence-electron chi connectivity index (χ1n) is 21.3. The minimum absolute atomic E-state index is 0.0992. The van der Waals surface area contributed by atoms with Gasteiger partial charge in [0.2, 0.25) is 0 Å². The molecule has 0 fully saturated rings. The van der Waals surface area contributed by atoms with Crippen molar-refractivity contribution in [2.24, 2.45) is 0 Å². The number of hydrogen-bond donors (Lipinski definition) is 0. The summed E-state index contributed by atoms with van der Waals surface area (Å²) in [5.41, 5.74) is 6.21. The first-order chi connectivity index (χ1) is 30.3. The summed E-state index contributed by atoms with van der Waals surface area (Å²) >= 11 is 1.48. The summed E-state index contributed by atoms with van der Waals surface area (Å²) in [6, 6.07) is 30.4. The van der Waals surface area contributed by atoms with E-state index < -0.39 is 19.6 Å². The number of rotatable bonds is 15. The zero-order valence-corrected chi connectivity index (χ0v) is 38.5. The molecule has 1 amide bonds. The summed E-state index contributed by atoms with van der Waals surface area (Å²) in [5, 5.41) is 5.28. The third kappa shape index (κ3) is 10.7. The highest BCUT2D eigenvalue weighted by Crippen LogP contribution is 2.34. The van der Waals surface area contributed by atoms with Crippen molar-refractivity contribution in [1.82, 2.24) is 24.7 Å². The second-order valence-corrected chi connectivity index (χ2v) is 24.5. The normalized spacial score (nSPS) is 12.9. The van der Waals surface area contributed by atoms with Crippen molar-refractivity contribution in [3.8, 4) is 16.9 Å². The summed E-state index contributed by atoms with van der Waals surface area (Å²) in [7, 11) is -1.35. The number of carbonyl (C=O) groups excluding carboxylic acids is 2. The van der Waals surface area contributed by atoms with Crippen LogP contribution in [0.1, 0.15) is 63.9 Å². The van der Waals surface area contributed by atoms with Gasteiger partial charge in [-0.05, 0) is 98.5 Å². The molecule has 0 bridgehead atoms. The molecule has 0 aliphatic carbocycles. The Labute approximate surface area is 373 Å². The quantitative estimate of drug-likeness (QED) is 0.0425. The van der Waals surface area contributed by atoms with Crippen molar-refractivity contribution >= 4 is 52.5 Å². The van der Waals surface area contributed by atoms with Crippen molar-refractivity contribution in [2.75, 3.05) is 29.7 Å². The first-order valence-corrected chi connectivity index (χ1v) is 25.8. The number of esters is 1. The van der Waals surface area contributed by atoms with Gasteiger partial charge in [0.1, 0.15) is 30.5 Å². The van der Waals surface area contributed by atoms with Crippen LogP contribution in [0.3, 0.4) is 0 Å². The third-order valence-electron chi connectivity index (χ3n) is 10.7. The van der Waals surface area contributed by atoms with Crippen molar-refractivity contribution in [3.63, 3.8) is 0 Å². The van der Waals surface area contributed by atoms with Crippen LogP contribution in [0.2, 0.25) is 25.7 Å². The van der Waals surface area contributed by atoms with Gasteiger partial charge >= 0.3 is 5.97 Å². The molecule has 1 aliphatic heterocycles. The molecule has 8 rings (SSSR count). The molecule has 1 aliphatic rings. The number of fused-ring (bicyclic) bond motifs is 2. The number of amides is 1. The topological polar surface area (TPSA) is 125 Å². The molecule has 7 aromatic rings. The number of hydrogen-bond acceptors (Lipinski definition) is 11. The second-order valence-electron chi connectivity index (χ2n) is 17.9. The van der Waals surface area contributed by atoms with Crippen LogP contribution in [0.4, 0.5) is 10.9 Å². The molecule has 0 unspecified atom stereocenters. The number of anilines is 2. The molecule has 0 saturated heterocycles. The molecule has 14 heteroatoms. The number of thiazole rings is 1. The van der Waals surface area contributed by atoms with Crippen LogP contribution in [-0.2, 0) is 35.6 Å². The van der Waals surface area contributed by atoms with Gasteiger partial charge in [-0.2, -0.15) is 5.10 Å². The van der Waals surface area contributed by atoms with Crippen LogP contribution < -0.4 is 14.5 Å². The smallest absolute Gasteiger partial charge is 0.358 e. The Bertz CT molecular complexity index is 2690. The Morgan fingerprint density at radius 1 is 0.905 bits per heavy atom. The zero-order chi connectivity index (χ0) is 44.1. The molecular formula is C49H53N7O5SSi. The van der Waals surface area contributed by atoms with Crippen LogP contribution in [0, 0.1) is 0 Å². The Kier molecular flexibility index (Phi) is 12.8. The van der Waals surface area contributed by atoms with E-state index in [0.717, 1.165) is 49.8 Å². The predicted molar refractivity (Wildman–Crippen MR) is 251 cm³/mol. The van der Waals surface area contributed by atoms with Crippen LogP contribution in [0.15, 0.2) is 116 Å². The van der Waals surface area contributed by atoms with Gasteiger partial charge in [-0.1, -0.05) is 73.4 Å². The van der Waals surface area contributed by atoms with Crippen LogP contribution in [-0.4, -0.2) is 70.2 Å². The zero-order valence-electron chi connectivity index (χ0n) is 36.7. The third-order valence-corrected chi connectivity index (χ3v) is 13.4. The highest BCUT2D eigenvalue weighted by atomic mass is 32.1. The molecule has 0 saturated carbocycles. The second kappa shape index (κ2) is 18.6. The minimum Gasteiger partial charge on any atom is -0.489 e. The summed E-state index contributed by atoms with van der Waals surface area (Å²) in [5.74, 6) is 0.669. The Morgan fingerprint density at radius 3 is 2.49 bits per heavy atom. The molecule has 0 spiro atoms. The monoisotopic (exact) mass is 879 g/mol. The fourth-order valence-electron chi connectivity index (χ4n) is 7.35. The molecule has 0 atom stereocenters. The van der Waals surface area contributed by atoms with Gasteiger partial charge in [0.25, 0.3) is 5.91 Å². The molecule has 5 heterocycles. The highest BCUT2D eigenvalue weighted by molar-refractivity contribution is 7.22. The van der Waals surface area contributed by atoms with E-state index in [1.165, 1.54) is 11.3 Å². The van der Waals surface area contributed by atoms with E-state index in [4.69, 9.17) is 24.2 Å². The van der Waals surface area contributed by atoms with Gasteiger partial charge in [-0.15, -0.1) is 0 Å². The van der Waals surface area contributed by atoms with E-state index in [2.05, 4.69) is 40.7 Å². The summed E-state index contributed by atoms with van der Waals surface area (Å²) in [6.45, 7) is 15.1. The lowest BCUT2D eigenvalue weighted by molar-refractivity contribution is 0.00637. The maximum absolute atomic E-state index is 14.7. The number of ether oxygens (including phenoxy) is 3. The Morgan fingerprint density at radius 2 is 1.70 bits per heavy atom. The summed E-state index contributed by atoms with van der Waals surface area (Å²) in [6.07, 6.45) is 7.84. The average molecular weight is 880 g/mol. The van der Waals surface area contributed by atoms with E-state index in [0.29, 0.717) is 61.3 Å². The van der Waals surface area contributed by atoms with E-state index in [9.17, 15) is 9.59 Å². The first kappa shape index (κ1) is 43.4. The maximum atomic E-state index is 14.7. The maximum Gasteiger partial charge on any atom is 0.358 e. The number of benzene rings is 3. The Hall–Kier alpha value is -6.22. The van der Waals surface area contributed by atoms with E-state index >= 15 is 0 Å². The largest absolute Gasteiger partial charge is 0.489 e. The van der Waals surface area contributed by atoms with E-state index in [-0.39, 0.29) is 18.3 Å². The Balaban J connectivity index is 1.06. The fourth-order valence-corrected chi connectivity index (χ4v) is 9.06. The molecule has 0 N–H and O–H groups in total. The molecule has 324 valence electrons. The predicted octanol–water partition coefficient (Wildman–Crippen LogP) is 10.1. The lowest BCUT2D eigenvalue weighted by Gasteiger charge is -2.32. The van der Waals surface area contributed by atoms with Crippen molar-refractivity contribution < 1.29 is 23.8 Å². The standard InChI is InChI=1S/C49H53N7O5SSi/c1-49(2,3)61-47(58)45-38(37-28-51-55(30-37)29-36-12-7-9-16-42(36)60-32-34-20-23-50-24-21-34)18-19-44(53-45)54-25-22-35-13-11-14-39(40(35)31-54)46(57)56(33-59-26-27-63(4,5)6)48-52-41-15-8-10-17-43(41)62-48/h7-21,23-24,28,30H,22,25-27,29,31-33H2,1-6H3. The molecule has 12 nitrogen and oxygen atoms in total. The number of nitrogens with zero attached hydrogens (tertiary/aromatic N) is 7. The van der Waals surface area contributed by atoms with Gasteiger partial charge in [0.05, 0.1) is 23.0 Å². The minimum atomic E-state index is -1.35. The van der Waals surface area contributed by atoms with Crippen LogP contribution in [0.5, 0.6) is 5.75 Å². The van der Waals surface area contributed by atoms with E-state index in [1.54, 1.807) is 23.5 Å². The fraction of sp³-hybridized carbons (Fsp3) is 0.306. The van der Waals surface area contributed by atoms with Gasteiger partial charge in [-0.3, -0.25) is 19.4 Å². The number of carbonyl (C=O) groups is 2. The van der Waals surface area contributed by atoms with Crippen LogP contribution >= 0.6 is 11.3 Å². The molecular weight excluding hydrogens is 827 g/mol. The van der Waals surface area contributed by atoms with Gasteiger partial charge in [0, 0.05) is 68.6 Å². The average Bonchev–Trinajstić information content (AvgIpc) is 3.92. The lowest BCUT2D eigenvalue weighted by atomic mass is 9.94. The van der Waals surface area contributed by atoms with E-state index in [1.807, 2.05) is 117 Å². The lowest BCUT2D eigenvalue weighted by Crippen LogP contribution is -2.37. The molecule has 0 radical (unpaired) electrons. The number of aromatic nitrogens is 5. The number of pyridine rings is 2. The summed E-state index contributed by atoms with van der Waals surface area (Å²) in [4.78, 5) is 46.5. The molecule has 3 aromatic carbocycles. The van der Waals surface area contributed by atoms with Crippen LogP contribution in [0.25, 0.3) is 21.3 Å². The highest BCUT2D eigenvalue weighted by Gasteiger charge is 2.30. The van der Waals surface area contributed by atoms with Gasteiger partial charge < -0.3 is 19.1 Å². The van der Waals surface area contributed by atoms with Crippen molar-refractivity contribution in [3.05, 3.63) is 149 Å². The summed E-state index contributed by atoms with van der Waals surface area (Å²) < 4.78 is 21.2. The molecule has 63 heavy (non-hydrogen) atoms. The van der Waals surface area contributed by atoms with Gasteiger partial charge in [-0.25, -0.2) is 14.8 Å². The number of para-hydroxylation sites is 2. The van der Waals surface area contributed by atoms with Gasteiger partial charge in [0.15, 0.2) is 10.8 Å². The van der Waals surface area contributed by atoms with Crippen molar-refractivity contribution in [1.29, 1.82) is 0 Å².